The molecule has 1 heterocycles. The molecule has 6 heteroatoms. The molecule has 100 valence electrons. The number of hydrogen-bond donors (Lipinski definition) is 3. The van der Waals surface area contributed by atoms with Gasteiger partial charge in [-0.3, -0.25) is 4.79 Å². The molecule has 1 amide bonds. The maximum absolute atomic E-state index is 13.0. The zero-order valence-electron chi connectivity index (χ0n) is 10.4. The van der Waals surface area contributed by atoms with Crippen LogP contribution in [0, 0.1) is 12.9 Å². The highest BCUT2D eigenvalue weighted by atomic mass is 19.1. The lowest BCUT2D eigenvalue weighted by molar-refractivity contribution is -0.119. The first kappa shape index (κ1) is 14.5. The highest BCUT2D eigenvalue weighted by Gasteiger charge is 2.19. The molecule has 5 nitrogen and oxygen atoms in total. The third-order valence-electron chi connectivity index (χ3n) is 2.56. The van der Waals surface area contributed by atoms with E-state index in [1.165, 1.54) is 26.1 Å². The number of amides is 1. The molecule has 0 saturated carbocycles. The second kappa shape index (κ2) is 6.42. The fourth-order valence-electron chi connectivity index (χ4n) is 1.52. The summed E-state index contributed by atoms with van der Waals surface area (Å²) in [6, 6.07) is 1.44. The predicted octanol–water partition coefficient (Wildman–Crippen LogP) is 0.450. The Morgan fingerprint density at radius 3 is 2.78 bits per heavy atom. The highest BCUT2D eigenvalue weighted by molar-refractivity contribution is 5.72. The van der Waals surface area contributed by atoms with Gasteiger partial charge in [0.1, 0.15) is 6.10 Å². The quantitative estimate of drug-likeness (QED) is 0.668. The van der Waals surface area contributed by atoms with E-state index in [9.17, 15) is 19.4 Å². The molecule has 0 saturated heterocycles. The van der Waals surface area contributed by atoms with Crippen molar-refractivity contribution in [3.63, 3.8) is 0 Å². The molecular formula is C12H17FN2O3. The van der Waals surface area contributed by atoms with E-state index in [0.29, 0.717) is 11.1 Å². The standard InChI is InChI=1S/C12H17FN2O3/c1-7-5-9(6-15-12(7)13)11(18)10(17)3-4-14-8(2)16/h5-6,10-11,17-18H,3-4H2,1-2H3,(H,14,16). The van der Waals surface area contributed by atoms with Gasteiger partial charge in [-0.1, -0.05) is 0 Å². The molecule has 0 spiro atoms. The molecule has 3 N–H and O–H groups in total. The van der Waals surface area contributed by atoms with Crippen LogP contribution in [-0.2, 0) is 4.79 Å². The van der Waals surface area contributed by atoms with E-state index >= 15 is 0 Å². The van der Waals surface area contributed by atoms with E-state index in [0.717, 1.165) is 0 Å². The number of carbonyl (C=O) groups excluding carboxylic acids is 1. The Balaban J connectivity index is 2.59. The lowest BCUT2D eigenvalue weighted by atomic mass is 10.0. The second-order valence-electron chi connectivity index (χ2n) is 4.16. The van der Waals surface area contributed by atoms with Gasteiger partial charge in [0.2, 0.25) is 11.9 Å². The van der Waals surface area contributed by atoms with Crippen molar-refractivity contribution in [2.24, 2.45) is 0 Å². The van der Waals surface area contributed by atoms with Crippen LogP contribution in [0.3, 0.4) is 0 Å². The molecule has 18 heavy (non-hydrogen) atoms. The molecule has 1 rings (SSSR count). The molecule has 2 unspecified atom stereocenters. The van der Waals surface area contributed by atoms with Gasteiger partial charge in [-0.2, -0.15) is 4.39 Å². The molecule has 1 aromatic rings. The molecule has 0 aliphatic rings. The first-order chi connectivity index (χ1) is 8.41. The number of aliphatic hydroxyl groups is 2. The average molecular weight is 256 g/mol. The Labute approximate surface area is 105 Å². The van der Waals surface area contributed by atoms with Gasteiger partial charge in [-0.05, 0) is 19.4 Å². The molecular weight excluding hydrogens is 239 g/mol. The van der Waals surface area contributed by atoms with Crippen molar-refractivity contribution in [3.8, 4) is 0 Å². The number of hydrogen-bond acceptors (Lipinski definition) is 4. The van der Waals surface area contributed by atoms with Gasteiger partial charge in [0.25, 0.3) is 0 Å². The lowest BCUT2D eigenvalue weighted by Gasteiger charge is -2.18. The van der Waals surface area contributed by atoms with Gasteiger partial charge in [0.15, 0.2) is 0 Å². The molecule has 0 bridgehead atoms. The van der Waals surface area contributed by atoms with Crippen LogP contribution in [0.2, 0.25) is 0 Å². The van der Waals surface area contributed by atoms with Crippen LogP contribution >= 0.6 is 0 Å². The third-order valence-corrected chi connectivity index (χ3v) is 2.56. The van der Waals surface area contributed by atoms with Crippen molar-refractivity contribution in [3.05, 3.63) is 29.3 Å². The average Bonchev–Trinajstić information content (AvgIpc) is 2.31. The van der Waals surface area contributed by atoms with Gasteiger partial charge < -0.3 is 15.5 Å². The first-order valence-corrected chi connectivity index (χ1v) is 5.64. The van der Waals surface area contributed by atoms with Gasteiger partial charge in [-0.15, -0.1) is 0 Å². The summed E-state index contributed by atoms with van der Waals surface area (Å²) < 4.78 is 13.0. The maximum Gasteiger partial charge on any atom is 0.216 e. The van der Waals surface area contributed by atoms with Crippen LogP contribution in [0.25, 0.3) is 0 Å². The van der Waals surface area contributed by atoms with Gasteiger partial charge in [0, 0.05) is 30.8 Å². The van der Waals surface area contributed by atoms with Crippen LogP contribution in [0.4, 0.5) is 4.39 Å². The smallest absolute Gasteiger partial charge is 0.216 e. The van der Waals surface area contributed by atoms with E-state index in [2.05, 4.69) is 10.3 Å². The number of aromatic nitrogens is 1. The Hall–Kier alpha value is -1.53. The van der Waals surface area contributed by atoms with Crippen molar-refractivity contribution in [2.75, 3.05) is 6.54 Å². The minimum Gasteiger partial charge on any atom is -0.390 e. The van der Waals surface area contributed by atoms with E-state index in [1.54, 1.807) is 0 Å². The third kappa shape index (κ3) is 4.05. The zero-order valence-corrected chi connectivity index (χ0v) is 10.4. The minimum absolute atomic E-state index is 0.198. The molecule has 1 aromatic heterocycles. The van der Waals surface area contributed by atoms with E-state index in [-0.39, 0.29) is 18.9 Å². The number of nitrogens with zero attached hydrogens (tertiary/aromatic N) is 1. The number of halogens is 1. The molecule has 0 fully saturated rings. The van der Waals surface area contributed by atoms with Crippen molar-refractivity contribution in [1.82, 2.24) is 10.3 Å². The van der Waals surface area contributed by atoms with E-state index < -0.39 is 18.2 Å². The van der Waals surface area contributed by atoms with Crippen LogP contribution in [0.1, 0.15) is 30.6 Å². The molecule has 0 aliphatic heterocycles. The van der Waals surface area contributed by atoms with E-state index in [1.807, 2.05) is 0 Å². The summed E-state index contributed by atoms with van der Waals surface area (Å²) >= 11 is 0. The van der Waals surface area contributed by atoms with Crippen molar-refractivity contribution < 1.29 is 19.4 Å². The summed E-state index contributed by atoms with van der Waals surface area (Å²) in [6.07, 6.45) is -0.791. The predicted molar refractivity (Wildman–Crippen MR) is 63.2 cm³/mol. The topological polar surface area (TPSA) is 82.5 Å². The Morgan fingerprint density at radius 1 is 1.56 bits per heavy atom. The highest BCUT2D eigenvalue weighted by Crippen LogP contribution is 2.19. The Morgan fingerprint density at radius 2 is 2.22 bits per heavy atom. The summed E-state index contributed by atoms with van der Waals surface area (Å²) in [6.45, 7) is 3.17. The summed E-state index contributed by atoms with van der Waals surface area (Å²) in [7, 11) is 0. The van der Waals surface area contributed by atoms with Crippen molar-refractivity contribution in [1.29, 1.82) is 0 Å². The lowest BCUT2D eigenvalue weighted by Crippen LogP contribution is -2.27. The van der Waals surface area contributed by atoms with Crippen LogP contribution in [0.5, 0.6) is 0 Å². The second-order valence-corrected chi connectivity index (χ2v) is 4.16. The van der Waals surface area contributed by atoms with Gasteiger partial charge in [-0.25, -0.2) is 4.98 Å². The minimum atomic E-state index is -1.15. The number of nitrogens with one attached hydrogen (secondary N) is 1. The molecule has 0 aliphatic carbocycles. The number of aliphatic hydroxyl groups excluding tert-OH is 2. The SMILES string of the molecule is CC(=O)NCCC(O)C(O)c1cnc(F)c(C)c1. The Bertz CT molecular complexity index is 426. The monoisotopic (exact) mass is 256 g/mol. The largest absolute Gasteiger partial charge is 0.390 e. The zero-order chi connectivity index (χ0) is 13.7. The molecule has 0 radical (unpaired) electrons. The summed E-state index contributed by atoms with van der Waals surface area (Å²) in [5.74, 6) is -0.797. The van der Waals surface area contributed by atoms with E-state index in [4.69, 9.17) is 0 Å². The van der Waals surface area contributed by atoms with Gasteiger partial charge >= 0.3 is 0 Å². The van der Waals surface area contributed by atoms with Crippen LogP contribution < -0.4 is 5.32 Å². The van der Waals surface area contributed by atoms with Crippen LogP contribution in [0.15, 0.2) is 12.3 Å². The fraction of sp³-hybridized carbons (Fsp3) is 0.500. The Kier molecular flexibility index (Phi) is 5.18. The number of rotatable bonds is 5. The molecule has 0 aromatic carbocycles. The van der Waals surface area contributed by atoms with Crippen molar-refractivity contribution in [2.45, 2.75) is 32.5 Å². The maximum atomic E-state index is 13.0. The fourth-order valence-corrected chi connectivity index (χ4v) is 1.52. The number of pyridine rings is 1. The summed E-state index contributed by atoms with van der Waals surface area (Å²) in [4.78, 5) is 14.1. The normalized spacial score (nSPS) is 14.1. The first-order valence-electron chi connectivity index (χ1n) is 5.64. The molecule has 2 atom stereocenters. The summed E-state index contributed by atoms with van der Waals surface area (Å²) in [5, 5.41) is 22.1. The van der Waals surface area contributed by atoms with Crippen molar-refractivity contribution >= 4 is 5.91 Å². The number of aryl methyl sites for hydroxylation is 1. The number of carbonyl (C=O) groups is 1. The van der Waals surface area contributed by atoms with Gasteiger partial charge in [0.05, 0.1) is 6.10 Å². The van der Waals surface area contributed by atoms with Crippen LogP contribution in [-0.4, -0.2) is 33.8 Å². The summed E-state index contributed by atoms with van der Waals surface area (Å²) in [5.41, 5.74) is 0.657.